The fourth-order valence-corrected chi connectivity index (χ4v) is 2.29. The molecule has 8 heteroatoms. The van der Waals surface area contributed by atoms with Crippen LogP contribution in [0.3, 0.4) is 0 Å². The lowest BCUT2D eigenvalue weighted by molar-refractivity contribution is -0.141. The van der Waals surface area contributed by atoms with Crippen LogP contribution in [-0.4, -0.2) is 45.8 Å². The highest BCUT2D eigenvalue weighted by molar-refractivity contribution is 9.10. The summed E-state index contributed by atoms with van der Waals surface area (Å²) in [6.45, 7) is -0.0676. The topological polar surface area (TPSA) is 89.9 Å². The van der Waals surface area contributed by atoms with Gasteiger partial charge in [-0.2, -0.15) is 0 Å². The average Bonchev–Trinajstić information content (AvgIpc) is 2.76. The third-order valence-electron chi connectivity index (χ3n) is 3.00. The second-order valence-corrected chi connectivity index (χ2v) is 5.31. The molecule has 2 rings (SSSR count). The predicted octanol–water partition coefficient (Wildman–Crippen LogP) is 1.64. The molecule has 1 aliphatic rings. The Bertz CT molecular complexity index is 554. The highest BCUT2D eigenvalue weighted by Crippen LogP contribution is 2.22. The maximum Gasteiger partial charge on any atom is 0.326 e. The van der Waals surface area contributed by atoms with E-state index in [-0.39, 0.29) is 23.1 Å². The number of amides is 2. The van der Waals surface area contributed by atoms with E-state index < -0.39 is 30.0 Å². The summed E-state index contributed by atoms with van der Waals surface area (Å²) >= 11 is 2.99. The molecule has 1 aromatic rings. The average molecular weight is 347 g/mol. The van der Waals surface area contributed by atoms with Crippen molar-refractivity contribution >= 4 is 33.6 Å². The van der Waals surface area contributed by atoms with Crippen LogP contribution >= 0.6 is 15.9 Å². The van der Waals surface area contributed by atoms with Gasteiger partial charge in [0.25, 0.3) is 0 Å². The Morgan fingerprint density at radius 1 is 1.45 bits per heavy atom. The number of anilines is 1. The number of benzene rings is 1. The minimum Gasteiger partial charge on any atom is -0.480 e. The van der Waals surface area contributed by atoms with Crippen LogP contribution in [0.1, 0.15) is 6.42 Å². The van der Waals surface area contributed by atoms with Gasteiger partial charge in [0, 0.05) is 18.7 Å². The van der Waals surface area contributed by atoms with Crippen LogP contribution in [0, 0.1) is 5.82 Å². The van der Waals surface area contributed by atoms with Crippen LogP contribution in [0.2, 0.25) is 0 Å². The largest absolute Gasteiger partial charge is 0.480 e. The second kappa shape index (κ2) is 5.76. The number of carbonyl (C=O) groups excluding carboxylic acids is 1. The fourth-order valence-electron chi connectivity index (χ4n) is 2.04. The number of β-amino-alcohol motifs (C(OH)–C–C–N with tert-alkyl or cyclic N) is 1. The monoisotopic (exact) mass is 346 g/mol. The maximum atomic E-state index is 13.3. The summed E-state index contributed by atoms with van der Waals surface area (Å²) in [5, 5.41) is 20.9. The van der Waals surface area contributed by atoms with Gasteiger partial charge in [0.15, 0.2) is 0 Å². The summed E-state index contributed by atoms with van der Waals surface area (Å²) in [5.41, 5.74) is 0.209. The van der Waals surface area contributed by atoms with Crippen molar-refractivity contribution in [3.05, 3.63) is 28.5 Å². The molecule has 108 valence electrons. The lowest BCUT2D eigenvalue weighted by Gasteiger charge is -2.21. The van der Waals surface area contributed by atoms with E-state index in [4.69, 9.17) is 5.11 Å². The van der Waals surface area contributed by atoms with Gasteiger partial charge < -0.3 is 20.4 Å². The van der Waals surface area contributed by atoms with E-state index in [2.05, 4.69) is 21.2 Å². The van der Waals surface area contributed by atoms with Gasteiger partial charge in [-0.15, -0.1) is 0 Å². The Hall–Kier alpha value is -1.67. The minimum atomic E-state index is -1.18. The lowest BCUT2D eigenvalue weighted by atomic mass is 10.2. The van der Waals surface area contributed by atoms with E-state index in [0.29, 0.717) is 0 Å². The molecular weight excluding hydrogens is 335 g/mol. The van der Waals surface area contributed by atoms with Gasteiger partial charge in [-0.05, 0) is 34.1 Å². The third kappa shape index (κ3) is 3.07. The van der Waals surface area contributed by atoms with Crippen LogP contribution in [0.4, 0.5) is 14.9 Å². The molecule has 0 unspecified atom stereocenters. The fraction of sp³-hybridized carbons (Fsp3) is 0.333. The van der Waals surface area contributed by atoms with Crippen LogP contribution in [0.15, 0.2) is 22.7 Å². The van der Waals surface area contributed by atoms with E-state index in [1.165, 1.54) is 12.1 Å². The van der Waals surface area contributed by atoms with Crippen molar-refractivity contribution < 1.29 is 24.2 Å². The number of aliphatic hydroxyl groups is 1. The Morgan fingerprint density at radius 3 is 2.75 bits per heavy atom. The number of carboxylic acid groups (broad SMARTS) is 1. The minimum absolute atomic E-state index is 0.0164. The quantitative estimate of drug-likeness (QED) is 0.759. The van der Waals surface area contributed by atoms with Crippen molar-refractivity contribution in [2.24, 2.45) is 0 Å². The summed E-state index contributed by atoms with van der Waals surface area (Å²) in [6.07, 6.45) is -0.888. The number of carboxylic acids is 1. The molecule has 0 radical (unpaired) electrons. The molecule has 0 aromatic heterocycles. The first-order valence-corrected chi connectivity index (χ1v) is 6.61. The summed E-state index contributed by atoms with van der Waals surface area (Å²) in [7, 11) is 0. The van der Waals surface area contributed by atoms with Gasteiger partial charge in [-0.1, -0.05) is 0 Å². The van der Waals surface area contributed by atoms with Crippen molar-refractivity contribution in [2.75, 3.05) is 11.9 Å². The molecule has 1 saturated heterocycles. The molecule has 1 aromatic carbocycles. The van der Waals surface area contributed by atoms with Gasteiger partial charge >= 0.3 is 12.0 Å². The first-order valence-electron chi connectivity index (χ1n) is 5.82. The molecule has 1 heterocycles. The zero-order chi connectivity index (χ0) is 14.9. The molecule has 2 amide bonds. The van der Waals surface area contributed by atoms with E-state index in [1.807, 2.05) is 0 Å². The second-order valence-electron chi connectivity index (χ2n) is 4.45. The Kier molecular flexibility index (Phi) is 4.24. The molecule has 0 bridgehead atoms. The Balaban J connectivity index is 2.11. The number of nitrogens with zero attached hydrogens (tertiary/aromatic N) is 1. The van der Waals surface area contributed by atoms with E-state index >= 15 is 0 Å². The first-order chi connectivity index (χ1) is 9.38. The van der Waals surface area contributed by atoms with Crippen molar-refractivity contribution in [1.29, 1.82) is 0 Å². The molecule has 0 aliphatic carbocycles. The molecule has 2 atom stereocenters. The third-order valence-corrected chi connectivity index (χ3v) is 3.64. The maximum absolute atomic E-state index is 13.3. The van der Waals surface area contributed by atoms with Gasteiger partial charge in [0.1, 0.15) is 11.9 Å². The number of rotatable bonds is 2. The number of aliphatic carboxylic acids is 1. The van der Waals surface area contributed by atoms with Crippen LogP contribution < -0.4 is 5.32 Å². The van der Waals surface area contributed by atoms with E-state index in [9.17, 15) is 19.1 Å². The van der Waals surface area contributed by atoms with Crippen LogP contribution in [0.5, 0.6) is 0 Å². The zero-order valence-electron chi connectivity index (χ0n) is 10.2. The SMILES string of the molecule is O=C(O)[C@H]1C[C@@H](O)CN1C(=O)Nc1ccc(Br)c(F)c1. The van der Waals surface area contributed by atoms with Gasteiger partial charge in [0.2, 0.25) is 0 Å². The number of hydrogen-bond acceptors (Lipinski definition) is 3. The number of urea groups is 1. The lowest BCUT2D eigenvalue weighted by Crippen LogP contribution is -2.43. The van der Waals surface area contributed by atoms with Gasteiger partial charge in [-0.3, -0.25) is 0 Å². The highest BCUT2D eigenvalue weighted by atomic mass is 79.9. The molecule has 6 nitrogen and oxygen atoms in total. The van der Waals surface area contributed by atoms with Crippen LogP contribution in [-0.2, 0) is 4.79 Å². The summed E-state index contributed by atoms with van der Waals surface area (Å²) in [4.78, 5) is 24.0. The molecule has 0 spiro atoms. The highest BCUT2D eigenvalue weighted by Gasteiger charge is 2.39. The number of nitrogens with one attached hydrogen (secondary N) is 1. The molecule has 1 fully saturated rings. The van der Waals surface area contributed by atoms with E-state index in [1.54, 1.807) is 0 Å². The Morgan fingerprint density at radius 2 is 2.15 bits per heavy atom. The first kappa shape index (κ1) is 14.7. The number of likely N-dealkylation sites (tertiary alicyclic amines) is 1. The van der Waals surface area contributed by atoms with E-state index in [0.717, 1.165) is 11.0 Å². The van der Waals surface area contributed by atoms with Gasteiger partial charge in [0.05, 0.1) is 10.6 Å². The number of halogens is 2. The van der Waals surface area contributed by atoms with Crippen molar-refractivity contribution in [3.63, 3.8) is 0 Å². The summed E-state index contributed by atoms with van der Waals surface area (Å²) in [6, 6.07) is 2.26. The van der Waals surface area contributed by atoms with Crippen molar-refractivity contribution in [1.82, 2.24) is 4.90 Å². The standard InChI is InChI=1S/C12H12BrFN2O4/c13-8-2-1-6(3-9(8)14)15-12(20)16-5-7(17)4-10(16)11(18)19/h1-3,7,10,17H,4-5H2,(H,15,20)(H,18,19)/t7-,10-/m1/s1. The smallest absolute Gasteiger partial charge is 0.326 e. The summed E-state index contributed by atoms with van der Waals surface area (Å²) < 4.78 is 13.6. The normalized spacial score (nSPS) is 21.9. The number of carbonyl (C=O) groups is 2. The predicted molar refractivity (Wildman–Crippen MR) is 71.9 cm³/mol. The molecule has 1 aliphatic heterocycles. The Labute approximate surface area is 122 Å². The van der Waals surface area contributed by atoms with Crippen LogP contribution in [0.25, 0.3) is 0 Å². The van der Waals surface area contributed by atoms with Crippen molar-refractivity contribution in [2.45, 2.75) is 18.6 Å². The number of aliphatic hydroxyl groups excluding tert-OH is 1. The molecule has 20 heavy (non-hydrogen) atoms. The number of hydrogen-bond donors (Lipinski definition) is 3. The summed E-state index contributed by atoms with van der Waals surface area (Å²) in [5.74, 6) is -1.72. The van der Waals surface area contributed by atoms with Crippen molar-refractivity contribution in [3.8, 4) is 0 Å². The molecule has 3 N–H and O–H groups in total. The molecular formula is C12H12BrFN2O4. The molecule has 0 saturated carbocycles. The zero-order valence-corrected chi connectivity index (χ0v) is 11.8. The van der Waals surface area contributed by atoms with Gasteiger partial charge in [-0.25, -0.2) is 14.0 Å².